The molecule has 0 aliphatic carbocycles. The van der Waals surface area contributed by atoms with Crippen molar-refractivity contribution in [2.24, 2.45) is 0 Å². The van der Waals surface area contributed by atoms with Crippen LogP contribution in [-0.2, 0) is 0 Å². The molecule has 4 N–H and O–H groups in total. The Balaban J connectivity index is 1.28. The number of ether oxygens (including phenoxy) is 1. The zero-order valence-electron chi connectivity index (χ0n) is 23.1. The first-order valence-corrected chi connectivity index (χ1v) is 13.2. The molecular formula is C32H34N4O5. The van der Waals surface area contributed by atoms with Crippen LogP contribution < -0.4 is 25.2 Å². The van der Waals surface area contributed by atoms with Gasteiger partial charge in [0.1, 0.15) is 11.5 Å². The molecule has 0 atom stereocenters. The first kappa shape index (κ1) is 29.1. The van der Waals surface area contributed by atoms with E-state index in [2.05, 4.69) is 10.6 Å². The molecule has 41 heavy (non-hydrogen) atoms. The predicted molar refractivity (Wildman–Crippen MR) is 162 cm³/mol. The van der Waals surface area contributed by atoms with E-state index in [1.807, 2.05) is 48.2 Å². The fourth-order valence-electron chi connectivity index (χ4n) is 4.05. The summed E-state index contributed by atoms with van der Waals surface area (Å²) >= 11 is 0. The Kier molecular flexibility index (Phi) is 9.93. The maximum absolute atomic E-state index is 12.6. The number of benzene rings is 4. The SMILES string of the molecule is CN(CCO)c1ccc(C(=O)Nc2ccc(Oc3ccc(NC(=O)c4ccc(N(C)CCO)cc4)cc3)cc2)cc1. The lowest BCUT2D eigenvalue weighted by Gasteiger charge is -2.18. The summed E-state index contributed by atoms with van der Waals surface area (Å²) in [4.78, 5) is 29.1. The van der Waals surface area contributed by atoms with Gasteiger partial charge >= 0.3 is 0 Å². The van der Waals surface area contributed by atoms with Gasteiger partial charge in [-0.3, -0.25) is 9.59 Å². The average Bonchev–Trinajstić information content (AvgIpc) is 2.99. The number of hydrogen-bond donors (Lipinski definition) is 4. The normalized spacial score (nSPS) is 10.5. The molecule has 0 spiro atoms. The van der Waals surface area contributed by atoms with E-state index >= 15 is 0 Å². The van der Waals surface area contributed by atoms with Gasteiger partial charge in [-0.15, -0.1) is 0 Å². The molecule has 0 saturated carbocycles. The lowest BCUT2D eigenvalue weighted by atomic mass is 10.1. The van der Waals surface area contributed by atoms with E-state index < -0.39 is 0 Å². The summed E-state index contributed by atoms with van der Waals surface area (Å²) in [6, 6.07) is 28.5. The molecule has 4 rings (SSSR count). The van der Waals surface area contributed by atoms with Crippen LogP contribution in [0, 0.1) is 0 Å². The van der Waals surface area contributed by atoms with E-state index in [9.17, 15) is 9.59 Å². The van der Waals surface area contributed by atoms with Crippen LogP contribution in [0.2, 0.25) is 0 Å². The number of amides is 2. The Morgan fingerprint density at radius 1 is 0.585 bits per heavy atom. The van der Waals surface area contributed by atoms with Crippen molar-refractivity contribution in [3.8, 4) is 11.5 Å². The van der Waals surface area contributed by atoms with E-state index in [1.54, 1.807) is 72.8 Å². The maximum atomic E-state index is 12.6. The van der Waals surface area contributed by atoms with Crippen LogP contribution in [0.5, 0.6) is 11.5 Å². The Hall–Kier alpha value is -4.86. The van der Waals surface area contributed by atoms with Crippen LogP contribution in [0.1, 0.15) is 20.7 Å². The van der Waals surface area contributed by atoms with Crippen molar-refractivity contribution in [1.82, 2.24) is 0 Å². The van der Waals surface area contributed by atoms with Crippen molar-refractivity contribution in [2.75, 3.05) is 60.8 Å². The second-order valence-electron chi connectivity index (χ2n) is 9.44. The van der Waals surface area contributed by atoms with Gasteiger partial charge in [0.2, 0.25) is 0 Å². The molecule has 212 valence electrons. The van der Waals surface area contributed by atoms with Gasteiger partial charge in [0, 0.05) is 61.1 Å². The summed E-state index contributed by atoms with van der Waals surface area (Å²) in [5.41, 5.74) is 4.16. The third-order valence-electron chi connectivity index (χ3n) is 6.47. The molecule has 0 fully saturated rings. The Morgan fingerprint density at radius 3 is 1.24 bits per heavy atom. The number of hydrogen-bond acceptors (Lipinski definition) is 7. The first-order valence-electron chi connectivity index (χ1n) is 13.2. The monoisotopic (exact) mass is 554 g/mol. The highest BCUT2D eigenvalue weighted by atomic mass is 16.5. The van der Waals surface area contributed by atoms with E-state index in [-0.39, 0.29) is 25.0 Å². The highest BCUT2D eigenvalue weighted by molar-refractivity contribution is 6.05. The van der Waals surface area contributed by atoms with Gasteiger partial charge in [0.25, 0.3) is 11.8 Å². The van der Waals surface area contributed by atoms with Gasteiger partial charge in [0.15, 0.2) is 0 Å². The number of aliphatic hydroxyl groups is 2. The summed E-state index contributed by atoms with van der Waals surface area (Å²) in [5, 5.41) is 23.9. The lowest BCUT2D eigenvalue weighted by Crippen LogP contribution is -2.21. The smallest absolute Gasteiger partial charge is 0.255 e. The summed E-state index contributed by atoms with van der Waals surface area (Å²) in [6.07, 6.45) is 0. The van der Waals surface area contributed by atoms with Gasteiger partial charge in [-0.05, 0) is 97.1 Å². The summed E-state index contributed by atoms with van der Waals surface area (Å²) in [6.45, 7) is 1.15. The van der Waals surface area contributed by atoms with Crippen molar-refractivity contribution in [1.29, 1.82) is 0 Å². The highest BCUT2D eigenvalue weighted by Gasteiger charge is 2.10. The molecule has 9 heteroatoms. The molecule has 0 radical (unpaired) electrons. The van der Waals surface area contributed by atoms with Crippen LogP contribution in [0.4, 0.5) is 22.7 Å². The molecule has 0 unspecified atom stereocenters. The number of rotatable bonds is 12. The molecular weight excluding hydrogens is 520 g/mol. The van der Waals surface area contributed by atoms with E-state index in [1.165, 1.54) is 0 Å². The molecule has 0 aromatic heterocycles. The van der Waals surface area contributed by atoms with Crippen LogP contribution in [-0.4, -0.2) is 62.4 Å². The van der Waals surface area contributed by atoms with Crippen LogP contribution in [0.15, 0.2) is 97.1 Å². The zero-order valence-corrected chi connectivity index (χ0v) is 23.1. The quantitative estimate of drug-likeness (QED) is 0.198. The maximum Gasteiger partial charge on any atom is 0.255 e. The molecule has 0 saturated heterocycles. The minimum absolute atomic E-state index is 0.0595. The number of likely N-dealkylation sites (N-methyl/N-ethyl adjacent to an activating group) is 2. The summed E-state index contributed by atoms with van der Waals surface area (Å²) in [5.74, 6) is 0.750. The van der Waals surface area contributed by atoms with Gasteiger partial charge in [-0.2, -0.15) is 0 Å². The van der Waals surface area contributed by atoms with Gasteiger partial charge < -0.3 is 35.4 Å². The van der Waals surface area contributed by atoms with Crippen molar-refractivity contribution in [3.05, 3.63) is 108 Å². The first-order chi connectivity index (χ1) is 19.9. The second kappa shape index (κ2) is 14.0. The zero-order chi connectivity index (χ0) is 29.2. The molecule has 0 aliphatic rings. The van der Waals surface area contributed by atoms with Crippen molar-refractivity contribution >= 4 is 34.6 Å². The van der Waals surface area contributed by atoms with Crippen LogP contribution in [0.3, 0.4) is 0 Å². The average molecular weight is 555 g/mol. The van der Waals surface area contributed by atoms with E-state index in [0.29, 0.717) is 47.1 Å². The number of carbonyl (C=O) groups is 2. The predicted octanol–water partition coefficient (Wildman–Crippen LogP) is 4.84. The molecule has 0 bridgehead atoms. The Bertz CT molecular complexity index is 1310. The van der Waals surface area contributed by atoms with Crippen LogP contribution >= 0.6 is 0 Å². The van der Waals surface area contributed by atoms with E-state index in [0.717, 1.165) is 11.4 Å². The Morgan fingerprint density at radius 2 is 0.927 bits per heavy atom. The highest BCUT2D eigenvalue weighted by Crippen LogP contribution is 2.25. The number of nitrogens with one attached hydrogen (secondary N) is 2. The topological polar surface area (TPSA) is 114 Å². The minimum Gasteiger partial charge on any atom is -0.457 e. The number of anilines is 4. The lowest BCUT2D eigenvalue weighted by molar-refractivity contribution is 0.101. The second-order valence-corrected chi connectivity index (χ2v) is 9.44. The number of carbonyl (C=O) groups excluding carboxylic acids is 2. The fourth-order valence-corrected chi connectivity index (χ4v) is 4.05. The molecule has 0 heterocycles. The molecule has 4 aromatic carbocycles. The molecule has 9 nitrogen and oxygen atoms in total. The van der Waals surface area contributed by atoms with Gasteiger partial charge in [-0.25, -0.2) is 0 Å². The fraction of sp³-hybridized carbons (Fsp3) is 0.188. The third kappa shape index (κ3) is 8.07. The summed E-state index contributed by atoms with van der Waals surface area (Å²) < 4.78 is 5.91. The van der Waals surface area contributed by atoms with Crippen molar-refractivity contribution < 1.29 is 24.5 Å². The standard InChI is InChI=1S/C32H34N4O5/c1-35(19-21-37)27-11-3-23(4-12-27)31(39)33-25-7-15-29(16-8-25)41-30-17-9-26(10-18-30)34-32(40)24-5-13-28(14-6-24)36(2)20-22-38/h3-18,37-38H,19-22H2,1-2H3,(H,33,39)(H,34,40). The Labute approximate surface area is 239 Å². The molecule has 0 aliphatic heterocycles. The third-order valence-corrected chi connectivity index (χ3v) is 6.47. The van der Waals surface area contributed by atoms with Crippen molar-refractivity contribution in [2.45, 2.75) is 0 Å². The largest absolute Gasteiger partial charge is 0.457 e. The van der Waals surface area contributed by atoms with Gasteiger partial charge in [-0.1, -0.05) is 0 Å². The van der Waals surface area contributed by atoms with Crippen molar-refractivity contribution in [3.63, 3.8) is 0 Å². The van der Waals surface area contributed by atoms with E-state index in [4.69, 9.17) is 14.9 Å². The number of nitrogens with zero attached hydrogens (tertiary/aromatic N) is 2. The molecule has 2 amide bonds. The van der Waals surface area contributed by atoms with Gasteiger partial charge in [0.05, 0.1) is 13.2 Å². The van der Waals surface area contributed by atoms with Crippen LogP contribution in [0.25, 0.3) is 0 Å². The minimum atomic E-state index is -0.224. The molecule has 4 aromatic rings. The number of aliphatic hydroxyl groups excluding tert-OH is 2. The summed E-state index contributed by atoms with van der Waals surface area (Å²) in [7, 11) is 3.76.